The molecule has 2 heterocycles. The molecule has 2 fully saturated rings. The Hall–Kier alpha value is -1.95. The van der Waals surface area contributed by atoms with E-state index in [1.54, 1.807) is 0 Å². The number of aliphatic hydroxyl groups is 1. The highest BCUT2D eigenvalue weighted by Crippen LogP contribution is 2.37. The van der Waals surface area contributed by atoms with Crippen LogP contribution < -0.4 is 5.32 Å². The number of amides is 2. The second-order valence-electron chi connectivity index (χ2n) is 8.34. The number of fused-ring (bicyclic) bond motifs is 2. The fourth-order valence-electron chi connectivity index (χ4n) is 4.58. The molecular formula is C23H36N2O4. The second-order valence-corrected chi connectivity index (χ2v) is 8.34. The SMILES string of the molecule is C1=C[C@H]2CCCCC2CC1.CC(=O)C1=CC2(O)CCCN2C1=O.CCCNC=O. The lowest BCUT2D eigenvalue weighted by Gasteiger charge is -2.31. The van der Waals surface area contributed by atoms with Gasteiger partial charge < -0.3 is 15.3 Å². The minimum absolute atomic E-state index is 0.127. The number of hydrogen-bond donors (Lipinski definition) is 2. The summed E-state index contributed by atoms with van der Waals surface area (Å²) in [5, 5.41) is 12.4. The lowest BCUT2D eigenvalue weighted by Crippen LogP contribution is -2.40. The van der Waals surface area contributed by atoms with Gasteiger partial charge in [-0.1, -0.05) is 31.9 Å². The maximum absolute atomic E-state index is 11.5. The van der Waals surface area contributed by atoms with Gasteiger partial charge in [0, 0.05) is 19.5 Å². The number of nitrogens with one attached hydrogen (secondary N) is 1. The predicted molar refractivity (Wildman–Crippen MR) is 113 cm³/mol. The third-order valence-electron chi connectivity index (χ3n) is 6.16. The number of Topliss-reactive ketones (excluding diaryl/α,β-unsaturated/α-hetero) is 1. The summed E-state index contributed by atoms with van der Waals surface area (Å²) in [4.78, 5) is 33.3. The third kappa shape index (κ3) is 6.26. The van der Waals surface area contributed by atoms with Gasteiger partial charge in [0.05, 0.1) is 5.57 Å². The van der Waals surface area contributed by atoms with Gasteiger partial charge >= 0.3 is 0 Å². The number of rotatable bonds is 4. The number of ketones is 1. The van der Waals surface area contributed by atoms with Crippen LogP contribution in [0.3, 0.4) is 0 Å². The number of nitrogens with zero attached hydrogens (tertiary/aromatic N) is 1. The molecule has 6 heteroatoms. The van der Waals surface area contributed by atoms with Crippen LogP contribution in [0.4, 0.5) is 0 Å². The van der Waals surface area contributed by atoms with Crippen LogP contribution in [0.5, 0.6) is 0 Å². The summed E-state index contributed by atoms with van der Waals surface area (Å²) in [6.07, 6.45) is 18.1. The minimum atomic E-state index is -1.17. The van der Waals surface area contributed by atoms with Crippen molar-refractivity contribution in [2.24, 2.45) is 11.8 Å². The quantitative estimate of drug-likeness (QED) is 0.326. The number of carbonyl (C=O) groups is 3. The molecule has 2 aliphatic carbocycles. The van der Waals surface area contributed by atoms with Gasteiger partial charge in [-0.25, -0.2) is 0 Å². The molecule has 0 radical (unpaired) electrons. The van der Waals surface area contributed by atoms with Crippen LogP contribution >= 0.6 is 0 Å². The number of hydrogen-bond acceptors (Lipinski definition) is 4. The lowest BCUT2D eigenvalue weighted by molar-refractivity contribution is -0.137. The van der Waals surface area contributed by atoms with Crippen LogP contribution in [0.15, 0.2) is 23.8 Å². The lowest BCUT2D eigenvalue weighted by atomic mass is 9.74. The molecule has 4 rings (SSSR count). The highest BCUT2D eigenvalue weighted by atomic mass is 16.3. The Kier molecular flexibility index (Phi) is 9.08. The van der Waals surface area contributed by atoms with Crippen molar-refractivity contribution in [3.05, 3.63) is 23.8 Å². The molecule has 2 N–H and O–H groups in total. The molecule has 162 valence electrons. The number of carbonyl (C=O) groups excluding carboxylic acids is 3. The summed E-state index contributed by atoms with van der Waals surface area (Å²) in [6, 6.07) is 0. The summed E-state index contributed by atoms with van der Waals surface area (Å²) in [5.41, 5.74) is -1.04. The zero-order chi connectivity index (χ0) is 21.3. The van der Waals surface area contributed by atoms with E-state index in [0.29, 0.717) is 19.4 Å². The third-order valence-corrected chi connectivity index (χ3v) is 6.16. The second kappa shape index (κ2) is 11.3. The molecule has 1 saturated carbocycles. The Morgan fingerprint density at radius 1 is 1.31 bits per heavy atom. The molecule has 0 aromatic rings. The van der Waals surface area contributed by atoms with Crippen LogP contribution in [-0.4, -0.2) is 46.9 Å². The molecule has 0 bridgehead atoms. The van der Waals surface area contributed by atoms with E-state index in [2.05, 4.69) is 17.5 Å². The molecule has 3 atom stereocenters. The Bertz CT molecular complexity index is 643. The monoisotopic (exact) mass is 404 g/mol. The molecule has 6 nitrogen and oxygen atoms in total. The Morgan fingerprint density at radius 3 is 2.66 bits per heavy atom. The molecule has 0 aromatic carbocycles. The van der Waals surface area contributed by atoms with Gasteiger partial charge in [-0.15, -0.1) is 0 Å². The van der Waals surface area contributed by atoms with E-state index in [0.717, 1.165) is 31.2 Å². The summed E-state index contributed by atoms with van der Waals surface area (Å²) in [6.45, 7) is 4.69. The van der Waals surface area contributed by atoms with Crippen molar-refractivity contribution in [1.82, 2.24) is 10.2 Å². The number of allylic oxidation sites excluding steroid dienone is 2. The standard InChI is InChI=1S/C10H16.C9H11NO3.C4H9NO/c1-2-6-10-8-4-3-7-9(10)5-1;1-6(11)7-5-9(13)3-2-4-10(9)8(7)12;1-2-3-5-4-6/h1,5,9-10H,2-4,6-8H2;5,13H,2-4H2,1H3;4H,2-3H2,1H3,(H,5,6)/t9-,10?;;/m0../s1. The fraction of sp³-hybridized carbons (Fsp3) is 0.696. The van der Waals surface area contributed by atoms with Crippen LogP contribution in [0.2, 0.25) is 0 Å². The molecule has 0 aromatic heterocycles. The maximum atomic E-state index is 11.5. The van der Waals surface area contributed by atoms with E-state index in [1.165, 1.54) is 56.4 Å². The topological polar surface area (TPSA) is 86.7 Å². The molecule has 0 spiro atoms. The molecular weight excluding hydrogens is 368 g/mol. The van der Waals surface area contributed by atoms with Gasteiger partial charge in [0.15, 0.2) is 11.5 Å². The molecule has 2 amide bonds. The van der Waals surface area contributed by atoms with Crippen molar-refractivity contribution >= 4 is 18.1 Å². The van der Waals surface area contributed by atoms with E-state index in [9.17, 15) is 19.5 Å². The maximum Gasteiger partial charge on any atom is 0.259 e. The Morgan fingerprint density at radius 2 is 2.07 bits per heavy atom. The first kappa shape index (κ1) is 23.3. The van der Waals surface area contributed by atoms with Crippen LogP contribution in [0.1, 0.15) is 71.6 Å². The summed E-state index contributed by atoms with van der Waals surface area (Å²) in [7, 11) is 0. The van der Waals surface area contributed by atoms with Crippen molar-refractivity contribution in [2.45, 2.75) is 77.4 Å². The van der Waals surface area contributed by atoms with Crippen molar-refractivity contribution in [3.8, 4) is 0 Å². The molecule has 4 aliphatic rings. The molecule has 1 saturated heterocycles. The molecule has 2 aliphatic heterocycles. The van der Waals surface area contributed by atoms with E-state index in [1.807, 2.05) is 6.92 Å². The van der Waals surface area contributed by atoms with Gasteiger partial charge in [-0.3, -0.25) is 14.4 Å². The highest BCUT2D eigenvalue weighted by molar-refractivity contribution is 6.20. The minimum Gasteiger partial charge on any atom is -0.367 e. The fourth-order valence-corrected chi connectivity index (χ4v) is 4.58. The van der Waals surface area contributed by atoms with Crippen LogP contribution in [-0.2, 0) is 14.4 Å². The summed E-state index contributed by atoms with van der Waals surface area (Å²) >= 11 is 0. The van der Waals surface area contributed by atoms with Gasteiger partial charge in [0.25, 0.3) is 5.91 Å². The van der Waals surface area contributed by atoms with Gasteiger partial charge in [-0.05, 0) is 63.4 Å². The summed E-state index contributed by atoms with van der Waals surface area (Å²) in [5.74, 6) is 1.45. The predicted octanol–water partition coefficient (Wildman–Crippen LogP) is 3.11. The zero-order valence-corrected chi connectivity index (χ0v) is 17.9. The van der Waals surface area contributed by atoms with Gasteiger partial charge in [-0.2, -0.15) is 0 Å². The molecule has 2 unspecified atom stereocenters. The van der Waals surface area contributed by atoms with Crippen LogP contribution in [0.25, 0.3) is 0 Å². The zero-order valence-electron chi connectivity index (χ0n) is 17.9. The smallest absolute Gasteiger partial charge is 0.259 e. The normalized spacial score (nSPS) is 29.4. The van der Waals surface area contributed by atoms with Crippen molar-refractivity contribution < 1.29 is 19.5 Å². The highest BCUT2D eigenvalue weighted by Gasteiger charge is 2.47. The van der Waals surface area contributed by atoms with E-state index >= 15 is 0 Å². The van der Waals surface area contributed by atoms with E-state index in [4.69, 9.17) is 0 Å². The Balaban J connectivity index is 0.000000167. The van der Waals surface area contributed by atoms with Gasteiger partial charge in [0.2, 0.25) is 6.41 Å². The van der Waals surface area contributed by atoms with E-state index in [-0.39, 0.29) is 17.3 Å². The van der Waals surface area contributed by atoms with Crippen molar-refractivity contribution in [3.63, 3.8) is 0 Å². The summed E-state index contributed by atoms with van der Waals surface area (Å²) < 4.78 is 0. The van der Waals surface area contributed by atoms with Gasteiger partial charge in [0.1, 0.15) is 0 Å². The van der Waals surface area contributed by atoms with E-state index < -0.39 is 5.72 Å². The first-order valence-corrected chi connectivity index (χ1v) is 11.0. The molecule has 29 heavy (non-hydrogen) atoms. The largest absolute Gasteiger partial charge is 0.367 e. The average molecular weight is 405 g/mol. The van der Waals surface area contributed by atoms with Crippen LogP contribution in [0, 0.1) is 11.8 Å². The van der Waals surface area contributed by atoms with Crippen molar-refractivity contribution in [1.29, 1.82) is 0 Å². The van der Waals surface area contributed by atoms with Crippen molar-refractivity contribution in [2.75, 3.05) is 13.1 Å². The first-order valence-electron chi connectivity index (χ1n) is 11.0. The first-order chi connectivity index (χ1) is 13.9. The Labute approximate surface area is 174 Å². The average Bonchev–Trinajstić information content (AvgIpc) is 3.23.